The van der Waals surface area contributed by atoms with Gasteiger partial charge in [-0.2, -0.15) is 13.2 Å². The minimum atomic E-state index is -4.54. The van der Waals surface area contributed by atoms with E-state index in [1.54, 1.807) is 20.8 Å². The summed E-state index contributed by atoms with van der Waals surface area (Å²) in [6.45, 7) is 7.77. The van der Waals surface area contributed by atoms with Gasteiger partial charge in [-0.15, -0.1) is 24.0 Å². The highest BCUT2D eigenvalue weighted by molar-refractivity contribution is 14.0. The van der Waals surface area contributed by atoms with Crippen molar-refractivity contribution in [2.75, 3.05) is 25.1 Å². The Kier molecular flexibility index (Phi) is 11.5. The van der Waals surface area contributed by atoms with Crippen molar-refractivity contribution < 1.29 is 26.3 Å². The van der Waals surface area contributed by atoms with Crippen LogP contribution in [0.4, 0.5) is 13.2 Å². The van der Waals surface area contributed by atoms with Gasteiger partial charge in [-0.25, -0.2) is 13.4 Å². The lowest BCUT2D eigenvalue weighted by molar-refractivity contribution is -0.138. The molecule has 0 radical (unpaired) electrons. The van der Waals surface area contributed by atoms with Gasteiger partial charge in [-0.3, -0.25) is 0 Å². The molecule has 2 N–H and O–H groups in total. The average molecular weight is 565 g/mol. The number of hydrogen-bond donors (Lipinski definition) is 2. The summed E-state index contributed by atoms with van der Waals surface area (Å²) in [4.78, 5) is 4.20. The van der Waals surface area contributed by atoms with Crippen LogP contribution in [0.25, 0.3) is 0 Å². The maximum atomic E-state index is 13.5. The molecule has 0 saturated carbocycles. The molecule has 0 aliphatic heterocycles. The number of ether oxygens (including phenoxy) is 1. The maximum Gasteiger partial charge on any atom is 0.416 e. The molecule has 6 nitrogen and oxygen atoms in total. The summed E-state index contributed by atoms with van der Waals surface area (Å²) in [6, 6.07) is 3.85. The number of nitrogens with one attached hydrogen (secondary N) is 2. The van der Waals surface area contributed by atoms with Gasteiger partial charge in [0.15, 0.2) is 5.96 Å². The molecular weight excluding hydrogens is 534 g/mol. The van der Waals surface area contributed by atoms with Crippen LogP contribution in [0.2, 0.25) is 0 Å². The first kappa shape index (κ1) is 28.8. The van der Waals surface area contributed by atoms with E-state index in [1.165, 1.54) is 12.1 Å². The highest BCUT2D eigenvalue weighted by atomic mass is 127. The highest BCUT2D eigenvalue weighted by Gasteiger charge is 2.34. The standard InChI is InChI=1S/C19H30F3N3O3S.HI/c1-6-23-17(24-10-7-11-29(5,26)27)25-13-14-8-9-15(28-18(2,3)4)12-16(14)19(20,21)22;/h8-9,12H,6-7,10-11,13H2,1-5H3,(H2,23,24,25);1H. The van der Waals surface area contributed by atoms with Crippen LogP contribution < -0.4 is 15.4 Å². The number of halogens is 4. The summed E-state index contributed by atoms with van der Waals surface area (Å²) in [5.41, 5.74) is -1.39. The van der Waals surface area contributed by atoms with Crippen LogP contribution in [0.1, 0.15) is 45.2 Å². The van der Waals surface area contributed by atoms with Crippen LogP contribution in [0.3, 0.4) is 0 Å². The highest BCUT2D eigenvalue weighted by Crippen LogP contribution is 2.35. The van der Waals surface area contributed by atoms with Crippen LogP contribution in [-0.2, 0) is 22.6 Å². The van der Waals surface area contributed by atoms with Crippen molar-refractivity contribution >= 4 is 39.8 Å². The molecule has 1 rings (SSSR count). The molecular formula is C19H31F3IN3O3S. The molecule has 0 fully saturated rings. The van der Waals surface area contributed by atoms with Crippen molar-refractivity contribution in [3.63, 3.8) is 0 Å². The summed E-state index contributed by atoms with van der Waals surface area (Å²) >= 11 is 0. The number of aliphatic imine (C=N–C) groups is 1. The number of sulfone groups is 1. The zero-order valence-electron chi connectivity index (χ0n) is 17.9. The average Bonchev–Trinajstić information content (AvgIpc) is 2.54. The van der Waals surface area contributed by atoms with Crippen LogP contribution >= 0.6 is 24.0 Å². The lowest BCUT2D eigenvalue weighted by Gasteiger charge is -2.22. The zero-order valence-corrected chi connectivity index (χ0v) is 21.0. The molecule has 0 heterocycles. The van der Waals surface area contributed by atoms with E-state index in [9.17, 15) is 21.6 Å². The van der Waals surface area contributed by atoms with Crippen molar-refractivity contribution in [3.8, 4) is 5.75 Å². The minimum absolute atomic E-state index is 0. The second-order valence-electron chi connectivity index (χ2n) is 7.64. The number of alkyl halides is 3. The summed E-state index contributed by atoms with van der Waals surface area (Å²) in [6.07, 6.45) is -3.02. The largest absolute Gasteiger partial charge is 0.488 e. The summed E-state index contributed by atoms with van der Waals surface area (Å²) < 4.78 is 68.4. The van der Waals surface area contributed by atoms with E-state index in [4.69, 9.17) is 4.74 Å². The van der Waals surface area contributed by atoms with E-state index in [-0.39, 0.29) is 47.6 Å². The van der Waals surface area contributed by atoms with Crippen molar-refractivity contribution in [1.29, 1.82) is 0 Å². The van der Waals surface area contributed by atoms with Gasteiger partial charge in [-0.1, -0.05) is 6.07 Å². The van der Waals surface area contributed by atoms with Crippen LogP contribution in [0, 0.1) is 0 Å². The lowest BCUT2D eigenvalue weighted by atomic mass is 10.1. The van der Waals surface area contributed by atoms with Gasteiger partial charge in [0, 0.05) is 19.3 Å². The first-order valence-corrected chi connectivity index (χ1v) is 11.4. The monoisotopic (exact) mass is 565 g/mol. The van der Waals surface area contributed by atoms with E-state index in [2.05, 4.69) is 15.6 Å². The smallest absolute Gasteiger partial charge is 0.416 e. The Balaban J connectivity index is 0.00000841. The third-order valence-electron chi connectivity index (χ3n) is 3.55. The van der Waals surface area contributed by atoms with Gasteiger partial charge in [0.1, 0.15) is 21.2 Å². The van der Waals surface area contributed by atoms with Gasteiger partial charge < -0.3 is 15.4 Å². The van der Waals surface area contributed by atoms with E-state index < -0.39 is 27.2 Å². The molecule has 1 aromatic carbocycles. The fourth-order valence-corrected chi connectivity index (χ4v) is 3.09. The Morgan fingerprint density at radius 3 is 2.30 bits per heavy atom. The van der Waals surface area contributed by atoms with Gasteiger partial charge in [0.05, 0.1) is 17.9 Å². The van der Waals surface area contributed by atoms with E-state index in [0.29, 0.717) is 25.5 Å². The SMILES string of the molecule is CCNC(=NCc1ccc(OC(C)(C)C)cc1C(F)(F)F)NCCCS(C)(=O)=O.I. The quantitative estimate of drug-likeness (QED) is 0.216. The van der Waals surface area contributed by atoms with Crippen molar-refractivity contribution in [1.82, 2.24) is 10.6 Å². The Bertz CT molecular complexity index is 807. The number of guanidine groups is 1. The van der Waals surface area contributed by atoms with Crippen LogP contribution in [0.5, 0.6) is 5.75 Å². The van der Waals surface area contributed by atoms with Gasteiger partial charge in [0.25, 0.3) is 0 Å². The fourth-order valence-electron chi connectivity index (χ4n) is 2.42. The van der Waals surface area contributed by atoms with Crippen molar-refractivity contribution in [2.45, 2.75) is 52.4 Å². The second kappa shape index (κ2) is 12.0. The molecule has 0 bridgehead atoms. The van der Waals surface area contributed by atoms with E-state index in [0.717, 1.165) is 12.3 Å². The second-order valence-corrected chi connectivity index (χ2v) is 9.90. The van der Waals surface area contributed by atoms with Crippen LogP contribution in [-0.4, -0.2) is 45.1 Å². The molecule has 0 unspecified atom stereocenters. The third-order valence-corrected chi connectivity index (χ3v) is 4.58. The normalized spacial score (nSPS) is 12.9. The van der Waals surface area contributed by atoms with Crippen LogP contribution in [0.15, 0.2) is 23.2 Å². The first-order chi connectivity index (χ1) is 13.2. The third kappa shape index (κ3) is 11.8. The first-order valence-electron chi connectivity index (χ1n) is 9.30. The molecule has 0 saturated heterocycles. The maximum absolute atomic E-state index is 13.5. The summed E-state index contributed by atoms with van der Waals surface area (Å²) in [5.74, 6) is 0.486. The van der Waals surface area contributed by atoms with Crippen molar-refractivity contribution in [3.05, 3.63) is 29.3 Å². The van der Waals surface area contributed by atoms with Gasteiger partial charge in [-0.05, 0) is 51.8 Å². The van der Waals surface area contributed by atoms with Gasteiger partial charge in [0.2, 0.25) is 0 Å². The Morgan fingerprint density at radius 1 is 1.17 bits per heavy atom. The fraction of sp³-hybridized carbons (Fsp3) is 0.632. The van der Waals surface area contributed by atoms with Crippen molar-refractivity contribution in [2.24, 2.45) is 4.99 Å². The molecule has 0 spiro atoms. The minimum Gasteiger partial charge on any atom is -0.488 e. The predicted molar refractivity (Wildman–Crippen MR) is 124 cm³/mol. The number of hydrogen-bond acceptors (Lipinski definition) is 4. The molecule has 0 aliphatic rings. The lowest BCUT2D eigenvalue weighted by Crippen LogP contribution is -2.38. The molecule has 0 aromatic heterocycles. The molecule has 0 atom stereocenters. The Morgan fingerprint density at radius 2 is 1.80 bits per heavy atom. The van der Waals surface area contributed by atoms with E-state index >= 15 is 0 Å². The number of rotatable bonds is 8. The molecule has 0 aliphatic carbocycles. The zero-order chi connectivity index (χ0) is 22.3. The number of nitrogens with zero attached hydrogens (tertiary/aromatic N) is 1. The molecule has 0 amide bonds. The molecule has 11 heteroatoms. The topological polar surface area (TPSA) is 79.8 Å². The number of benzene rings is 1. The Labute approximate surface area is 194 Å². The summed E-state index contributed by atoms with van der Waals surface area (Å²) in [7, 11) is -3.07. The van der Waals surface area contributed by atoms with Gasteiger partial charge >= 0.3 is 6.18 Å². The Hall–Kier alpha value is -1.24. The predicted octanol–water partition coefficient (Wildman–Crippen LogP) is 3.99. The van der Waals surface area contributed by atoms with E-state index in [1.807, 2.05) is 6.92 Å². The molecule has 30 heavy (non-hydrogen) atoms. The molecule has 174 valence electrons. The summed E-state index contributed by atoms with van der Waals surface area (Å²) in [5, 5.41) is 5.87. The molecule has 1 aromatic rings.